The number of hydrogen-bond donors (Lipinski definition) is 2. The molecule has 2 rings (SSSR count). The molecule has 6 heteroatoms. The highest BCUT2D eigenvalue weighted by Gasteiger charge is 2.02. The number of hydrogen-bond acceptors (Lipinski definition) is 5. The summed E-state index contributed by atoms with van der Waals surface area (Å²) in [6, 6.07) is 0. The Labute approximate surface area is 90.2 Å². The SMILES string of the molecule is CNc1nc(CSc2ncc[nH]2)cs1. The second-order valence-electron chi connectivity index (χ2n) is 2.58. The smallest absolute Gasteiger partial charge is 0.182 e. The van der Waals surface area contributed by atoms with Crippen molar-refractivity contribution in [1.29, 1.82) is 0 Å². The molecule has 0 amide bonds. The van der Waals surface area contributed by atoms with Crippen LogP contribution in [0.5, 0.6) is 0 Å². The fraction of sp³-hybridized carbons (Fsp3) is 0.250. The summed E-state index contributed by atoms with van der Waals surface area (Å²) >= 11 is 3.27. The number of anilines is 1. The van der Waals surface area contributed by atoms with Gasteiger partial charge in [0, 0.05) is 30.6 Å². The van der Waals surface area contributed by atoms with Crippen molar-refractivity contribution in [2.24, 2.45) is 0 Å². The van der Waals surface area contributed by atoms with Gasteiger partial charge in [0.15, 0.2) is 10.3 Å². The van der Waals surface area contributed by atoms with Gasteiger partial charge in [-0.25, -0.2) is 9.97 Å². The number of aromatic nitrogens is 3. The Morgan fingerprint density at radius 2 is 2.57 bits per heavy atom. The van der Waals surface area contributed by atoms with E-state index in [-0.39, 0.29) is 0 Å². The number of H-pyrrole nitrogens is 1. The molecular weight excluding hydrogens is 216 g/mol. The largest absolute Gasteiger partial charge is 0.365 e. The summed E-state index contributed by atoms with van der Waals surface area (Å²) in [6.45, 7) is 0. The van der Waals surface area contributed by atoms with E-state index in [1.807, 2.05) is 13.2 Å². The highest BCUT2D eigenvalue weighted by molar-refractivity contribution is 7.98. The molecule has 4 nitrogen and oxygen atoms in total. The van der Waals surface area contributed by atoms with E-state index in [0.717, 1.165) is 21.7 Å². The second kappa shape index (κ2) is 4.47. The molecule has 74 valence electrons. The van der Waals surface area contributed by atoms with E-state index < -0.39 is 0 Å². The minimum absolute atomic E-state index is 0.853. The van der Waals surface area contributed by atoms with E-state index in [4.69, 9.17) is 0 Å². The van der Waals surface area contributed by atoms with Gasteiger partial charge in [-0.15, -0.1) is 11.3 Å². The predicted molar refractivity (Wildman–Crippen MR) is 59.8 cm³/mol. The minimum Gasteiger partial charge on any atom is -0.365 e. The fourth-order valence-electron chi connectivity index (χ4n) is 0.960. The third-order valence-corrected chi connectivity index (χ3v) is 3.44. The number of thiazole rings is 1. The van der Waals surface area contributed by atoms with Crippen LogP contribution in [-0.2, 0) is 5.75 Å². The van der Waals surface area contributed by atoms with Crippen LogP contribution in [0.4, 0.5) is 5.13 Å². The molecule has 0 spiro atoms. The van der Waals surface area contributed by atoms with Crippen LogP contribution >= 0.6 is 23.1 Å². The predicted octanol–water partition coefficient (Wildman–Crippen LogP) is 2.20. The number of thioether (sulfide) groups is 1. The van der Waals surface area contributed by atoms with Crippen LogP contribution in [-0.4, -0.2) is 22.0 Å². The summed E-state index contributed by atoms with van der Waals surface area (Å²) < 4.78 is 0. The van der Waals surface area contributed by atoms with Crippen molar-refractivity contribution < 1.29 is 0 Å². The van der Waals surface area contributed by atoms with E-state index in [9.17, 15) is 0 Å². The highest BCUT2D eigenvalue weighted by atomic mass is 32.2. The first kappa shape index (κ1) is 9.54. The second-order valence-corrected chi connectivity index (χ2v) is 4.40. The number of nitrogens with one attached hydrogen (secondary N) is 2. The summed E-state index contributed by atoms with van der Waals surface area (Å²) in [5.74, 6) is 0.853. The molecule has 0 unspecified atom stereocenters. The highest BCUT2D eigenvalue weighted by Crippen LogP contribution is 2.22. The maximum Gasteiger partial charge on any atom is 0.182 e. The van der Waals surface area contributed by atoms with E-state index in [1.54, 1.807) is 29.3 Å². The number of imidazole rings is 1. The fourth-order valence-corrected chi connectivity index (χ4v) is 2.46. The Morgan fingerprint density at radius 1 is 1.64 bits per heavy atom. The molecule has 14 heavy (non-hydrogen) atoms. The molecular formula is C8H10N4S2. The van der Waals surface area contributed by atoms with Gasteiger partial charge < -0.3 is 10.3 Å². The van der Waals surface area contributed by atoms with Crippen LogP contribution in [0.15, 0.2) is 22.9 Å². The molecule has 0 aliphatic heterocycles. The Kier molecular flexibility index (Phi) is 3.05. The Bertz CT molecular complexity index is 382. The van der Waals surface area contributed by atoms with E-state index in [1.165, 1.54) is 0 Å². The van der Waals surface area contributed by atoms with Gasteiger partial charge in [-0.3, -0.25) is 0 Å². The lowest BCUT2D eigenvalue weighted by molar-refractivity contribution is 1.05. The van der Waals surface area contributed by atoms with Gasteiger partial charge >= 0.3 is 0 Å². The van der Waals surface area contributed by atoms with Crippen molar-refractivity contribution >= 4 is 28.2 Å². The lowest BCUT2D eigenvalue weighted by Crippen LogP contribution is -1.87. The molecule has 2 heterocycles. The first-order valence-corrected chi connectivity index (χ1v) is 5.99. The average Bonchev–Trinajstić information content (AvgIpc) is 2.86. The van der Waals surface area contributed by atoms with E-state index in [2.05, 4.69) is 25.6 Å². The zero-order valence-electron chi connectivity index (χ0n) is 7.65. The zero-order valence-corrected chi connectivity index (χ0v) is 9.28. The van der Waals surface area contributed by atoms with Gasteiger partial charge in [0.2, 0.25) is 0 Å². The molecule has 0 bridgehead atoms. The summed E-state index contributed by atoms with van der Waals surface area (Å²) in [7, 11) is 1.88. The average molecular weight is 226 g/mol. The maximum absolute atomic E-state index is 4.37. The molecule has 2 aromatic rings. The molecule has 2 N–H and O–H groups in total. The normalized spacial score (nSPS) is 10.4. The molecule has 0 aromatic carbocycles. The quantitative estimate of drug-likeness (QED) is 0.785. The number of aromatic amines is 1. The van der Waals surface area contributed by atoms with Gasteiger partial charge in [-0.05, 0) is 0 Å². The van der Waals surface area contributed by atoms with Gasteiger partial charge in [0.25, 0.3) is 0 Å². The van der Waals surface area contributed by atoms with Crippen molar-refractivity contribution in [1.82, 2.24) is 15.0 Å². The first-order valence-electron chi connectivity index (χ1n) is 4.13. The molecule has 0 saturated heterocycles. The van der Waals surface area contributed by atoms with Crippen LogP contribution in [0.1, 0.15) is 5.69 Å². The van der Waals surface area contributed by atoms with Crippen LogP contribution < -0.4 is 5.32 Å². The van der Waals surface area contributed by atoms with Crippen molar-refractivity contribution in [2.75, 3.05) is 12.4 Å². The Morgan fingerprint density at radius 3 is 3.21 bits per heavy atom. The third-order valence-electron chi connectivity index (χ3n) is 1.60. The topological polar surface area (TPSA) is 53.6 Å². The van der Waals surface area contributed by atoms with Crippen molar-refractivity contribution in [3.63, 3.8) is 0 Å². The molecule has 0 saturated carbocycles. The Hall–Kier alpha value is -1.01. The van der Waals surface area contributed by atoms with E-state index >= 15 is 0 Å². The molecule has 0 atom stereocenters. The first-order chi connectivity index (χ1) is 6.88. The number of nitrogens with zero attached hydrogens (tertiary/aromatic N) is 2. The molecule has 0 aliphatic rings. The summed E-state index contributed by atoms with van der Waals surface area (Å²) in [6.07, 6.45) is 3.57. The van der Waals surface area contributed by atoms with Crippen molar-refractivity contribution in [3.05, 3.63) is 23.5 Å². The zero-order chi connectivity index (χ0) is 9.80. The standard InChI is InChI=1S/C8H10N4S2/c1-9-7-12-6(4-13-7)5-14-8-10-2-3-11-8/h2-4H,5H2,1H3,(H,9,12)(H,10,11). The summed E-state index contributed by atoms with van der Waals surface area (Å²) in [5.41, 5.74) is 1.08. The van der Waals surface area contributed by atoms with Crippen LogP contribution in [0.2, 0.25) is 0 Å². The van der Waals surface area contributed by atoms with Crippen LogP contribution in [0.3, 0.4) is 0 Å². The lowest BCUT2D eigenvalue weighted by Gasteiger charge is -1.93. The van der Waals surface area contributed by atoms with Gasteiger partial charge in [0.05, 0.1) is 5.69 Å². The minimum atomic E-state index is 0.853. The van der Waals surface area contributed by atoms with Crippen LogP contribution in [0.25, 0.3) is 0 Å². The third kappa shape index (κ3) is 2.27. The monoisotopic (exact) mass is 226 g/mol. The van der Waals surface area contributed by atoms with Crippen molar-refractivity contribution in [2.45, 2.75) is 10.9 Å². The number of rotatable bonds is 4. The molecule has 2 aromatic heterocycles. The summed E-state index contributed by atoms with van der Waals surface area (Å²) in [4.78, 5) is 11.5. The van der Waals surface area contributed by atoms with Gasteiger partial charge in [0.1, 0.15) is 0 Å². The van der Waals surface area contributed by atoms with Crippen molar-refractivity contribution in [3.8, 4) is 0 Å². The Balaban J connectivity index is 1.92. The lowest BCUT2D eigenvalue weighted by atomic mass is 10.6. The summed E-state index contributed by atoms with van der Waals surface area (Å²) in [5, 5.41) is 6.97. The van der Waals surface area contributed by atoms with E-state index in [0.29, 0.717) is 0 Å². The van der Waals surface area contributed by atoms with Gasteiger partial charge in [-0.1, -0.05) is 11.8 Å². The molecule has 0 radical (unpaired) electrons. The molecule has 0 fully saturated rings. The molecule has 0 aliphatic carbocycles. The maximum atomic E-state index is 4.37. The van der Waals surface area contributed by atoms with Gasteiger partial charge in [-0.2, -0.15) is 0 Å². The van der Waals surface area contributed by atoms with Crippen LogP contribution in [0, 0.1) is 0 Å².